The molecule has 1 aromatic heterocycles. The zero-order valence-corrected chi connectivity index (χ0v) is 16.3. The maximum atomic E-state index is 12.7. The minimum Gasteiger partial charge on any atom is -0.360 e. The molecule has 1 aliphatic carbocycles. The molecule has 3 heterocycles. The lowest BCUT2D eigenvalue weighted by molar-refractivity contribution is -0.132. The Morgan fingerprint density at radius 1 is 1.26 bits per heavy atom. The zero-order valence-electron chi connectivity index (χ0n) is 15.5. The van der Waals surface area contributed by atoms with Gasteiger partial charge < -0.3 is 14.7 Å². The van der Waals surface area contributed by atoms with Gasteiger partial charge in [-0.05, 0) is 32.6 Å². The van der Waals surface area contributed by atoms with E-state index in [1.54, 1.807) is 18.7 Å². The van der Waals surface area contributed by atoms with Crippen molar-refractivity contribution in [3.8, 4) is 0 Å². The molecule has 27 heavy (non-hydrogen) atoms. The highest BCUT2D eigenvalue weighted by atomic mass is 32.2. The van der Waals surface area contributed by atoms with Crippen molar-refractivity contribution in [3.63, 3.8) is 0 Å². The first-order valence-electron chi connectivity index (χ1n) is 9.27. The summed E-state index contributed by atoms with van der Waals surface area (Å²) in [5.41, 5.74) is 0.334. The van der Waals surface area contributed by atoms with Gasteiger partial charge in [-0.15, -0.1) is 0 Å². The number of hydrogen-bond donors (Lipinski definition) is 1. The number of carbonyl (C=O) groups is 2. The van der Waals surface area contributed by atoms with Crippen molar-refractivity contribution in [2.24, 2.45) is 11.8 Å². The second kappa shape index (κ2) is 6.59. The number of carbonyl (C=O) groups excluding carboxylic acids is 2. The Hall–Kier alpha value is -1.94. The summed E-state index contributed by atoms with van der Waals surface area (Å²) in [6.45, 7) is 4.67. The summed E-state index contributed by atoms with van der Waals surface area (Å²) in [4.78, 5) is 26.3. The quantitative estimate of drug-likeness (QED) is 0.726. The summed E-state index contributed by atoms with van der Waals surface area (Å²) >= 11 is 0. The molecule has 0 aromatic carbocycles. The van der Waals surface area contributed by atoms with Crippen molar-refractivity contribution < 1.29 is 22.5 Å². The third kappa shape index (κ3) is 3.36. The lowest BCUT2D eigenvalue weighted by atomic mass is 10.1. The van der Waals surface area contributed by atoms with Gasteiger partial charge in [0.25, 0.3) is 0 Å². The van der Waals surface area contributed by atoms with E-state index in [2.05, 4.69) is 10.5 Å². The van der Waals surface area contributed by atoms with Crippen LogP contribution in [0.2, 0.25) is 0 Å². The smallest absolute Gasteiger partial charge is 0.248 e. The van der Waals surface area contributed by atoms with Gasteiger partial charge in [0, 0.05) is 32.6 Å². The van der Waals surface area contributed by atoms with Crippen LogP contribution >= 0.6 is 0 Å². The number of nitrogens with zero attached hydrogens (tertiary/aromatic N) is 3. The van der Waals surface area contributed by atoms with E-state index in [4.69, 9.17) is 4.52 Å². The van der Waals surface area contributed by atoms with Gasteiger partial charge in [0.15, 0.2) is 5.76 Å². The third-order valence-electron chi connectivity index (χ3n) is 5.63. The number of hydrogen-bond acceptors (Lipinski definition) is 6. The highest BCUT2D eigenvalue weighted by Crippen LogP contribution is 2.31. The highest BCUT2D eigenvalue weighted by Gasteiger charge is 2.46. The van der Waals surface area contributed by atoms with Crippen LogP contribution in [-0.4, -0.2) is 66.8 Å². The van der Waals surface area contributed by atoms with E-state index in [0.717, 1.165) is 12.8 Å². The summed E-state index contributed by atoms with van der Waals surface area (Å²) in [5.74, 6) is 0.361. The Morgan fingerprint density at radius 3 is 2.56 bits per heavy atom. The largest absolute Gasteiger partial charge is 0.360 e. The number of nitrogens with one attached hydrogen (secondary N) is 1. The van der Waals surface area contributed by atoms with Crippen LogP contribution in [0.25, 0.3) is 0 Å². The van der Waals surface area contributed by atoms with Crippen LogP contribution in [0, 0.1) is 25.7 Å². The summed E-state index contributed by atoms with van der Waals surface area (Å²) in [7, 11) is -3.68. The molecular weight excluding hydrogens is 372 g/mol. The number of amides is 2. The van der Waals surface area contributed by atoms with Crippen molar-refractivity contribution in [2.75, 3.05) is 26.2 Å². The number of aryl methyl sites for hydroxylation is 2. The van der Waals surface area contributed by atoms with Gasteiger partial charge in [-0.25, -0.2) is 8.42 Å². The normalized spacial score (nSPS) is 24.3. The fourth-order valence-corrected chi connectivity index (χ4v) is 5.56. The average Bonchev–Trinajstić information content (AvgIpc) is 3.22. The molecule has 1 unspecified atom stereocenters. The first kappa shape index (κ1) is 18.4. The molecule has 10 heteroatoms. The first-order valence-corrected chi connectivity index (χ1v) is 10.7. The first-order chi connectivity index (χ1) is 12.8. The van der Waals surface area contributed by atoms with Crippen LogP contribution < -0.4 is 5.32 Å². The van der Waals surface area contributed by atoms with Crippen LogP contribution in [-0.2, 0) is 19.6 Å². The van der Waals surface area contributed by atoms with Crippen LogP contribution in [0.5, 0.6) is 0 Å². The average molecular weight is 396 g/mol. The maximum absolute atomic E-state index is 12.7. The van der Waals surface area contributed by atoms with Crippen molar-refractivity contribution in [1.29, 1.82) is 0 Å². The number of aromatic nitrogens is 1. The predicted octanol–water partition coefficient (Wildman–Crippen LogP) is 0.0390. The van der Waals surface area contributed by atoms with Gasteiger partial charge in [-0.3, -0.25) is 9.59 Å². The van der Waals surface area contributed by atoms with Crippen molar-refractivity contribution in [3.05, 3.63) is 11.5 Å². The number of sulfonamides is 1. The van der Waals surface area contributed by atoms with Crippen LogP contribution in [0.4, 0.5) is 0 Å². The topological polar surface area (TPSA) is 113 Å². The standard InChI is InChI=1S/C17H24N4O5S/c1-10-16(11(2)26-19-10)27(24,25)20-8-14(9-20)21-7-13(5-15(21)22)17(23)18-6-12-3-4-12/h12-14H,3-9H2,1-2H3,(H,18,23). The van der Waals surface area contributed by atoms with Crippen molar-refractivity contribution in [1.82, 2.24) is 19.7 Å². The molecule has 1 atom stereocenters. The third-order valence-corrected chi connectivity index (χ3v) is 7.70. The molecule has 148 valence electrons. The summed E-state index contributed by atoms with van der Waals surface area (Å²) in [6, 6.07) is -0.186. The monoisotopic (exact) mass is 396 g/mol. The molecule has 1 aromatic rings. The molecule has 0 bridgehead atoms. The van der Waals surface area contributed by atoms with E-state index in [9.17, 15) is 18.0 Å². The molecule has 2 saturated heterocycles. The molecule has 1 saturated carbocycles. The van der Waals surface area contributed by atoms with E-state index in [1.165, 1.54) is 4.31 Å². The molecule has 3 aliphatic rings. The predicted molar refractivity (Wildman–Crippen MR) is 94.1 cm³/mol. The zero-order chi connectivity index (χ0) is 19.3. The lowest BCUT2D eigenvalue weighted by Crippen LogP contribution is -2.61. The number of likely N-dealkylation sites (tertiary alicyclic amines) is 1. The van der Waals surface area contributed by atoms with Crippen LogP contribution in [0.15, 0.2) is 9.42 Å². The Morgan fingerprint density at radius 2 is 1.96 bits per heavy atom. The van der Waals surface area contributed by atoms with E-state index in [1.807, 2.05) is 0 Å². The fourth-order valence-electron chi connectivity index (χ4n) is 3.75. The summed E-state index contributed by atoms with van der Waals surface area (Å²) in [6.07, 6.45) is 2.52. The van der Waals surface area contributed by atoms with E-state index < -0.39 is 10.0 Å². The Labute approximate surface area is 158 Å². The minimum absolute atomic E-state index is 0.0720. The van der Waals surface area contributed by atoms with Gasteiger partial charge in [-0.1, -0.05) is 5.16 Å². The second-order valence-corrected chi connectivity index (χ2v) is 9.64. The lowest BCUT2D eigenvalue weighted by Gasteiger charge is -2.42. The Kier molecular flexibility index (Phi) is 4.50. The van der Waals surface area contributed by atoms with Gasteiger partial charge in [0.2, 0.25) is 21.8 Å². The van der Waals surface area contributed by atoms with Gasteiger partial charge in [-0.2, -0.15) is 4.31 Å². The van der Waals surface area contributed by atoms with Gasteiger partial charge >= 0.3 is 0 Å². The van der Waals surface area contributed by atoms with Gasteiger partial charge in [0.1, 0.15) is 10.6 Å². The number of rotatable bonds is 6. The SMILES string of the molecule is Cc1noc(C)c1S(=O)(=O)N1CC(N2CC(C(=O)NCC3CC3)CC2=O)C1. The van der Waals surface area contributed by atoms with Gasteiger partial charge in [0.05, 0.1) is 12.0 Å². The minimum atomic E-state index is -3.68. The molecule has 3 fully saturated rings. The molecule has 1 N–H and O–H groups in total. The van der Waals surface area contributed by atoms with E-state index in [-0.39, 0.29) is 53.9 Å². The second-order valence-electron chi connectivity index (χ2n) is 7.76. The van der Waals surface area contributed by atoms with E-state index in [0.29, 0.717) is 24.7 Å². The maximum Gasteiger partial charge on any atom is 0.248 e. The summed E-state index contributed by atoms with van der Waals surface area (Å²) < 4.78 is 31.8. The van der Waals surface area contributed by atoms with Crippen LogP contribution in [0.1, 0.15) is 30.7 Å². The highest BCUT2D eigenvalue weighted by molar-refractivity contribution is 7.89. The Balaban J connectivity index is 1.35. The molecule has 4 rings (SSSR count). The molecule has 0 spiro atoms. The molecule has 2 aliphatic heterocycles. The molecule has 2 amide bonds. The van der Waals surface area contributed by atoms with E-state index >= 15 is 0 Å². The van der Waals surface area contributed by atoms with Crippen LogP contribution in [0.3, 0.4) is 0 Å². The molecule has 9 nitrogen and oxygen atoms in total. The molecular formula is C17H24N4O5S. The van der Waals surface area contributed by atoms with Crippen molar-refractivity contribution in [2.45, 2.75) is 44.0 Å². The fraction of sp³-hybridized carbons (Fsp3) is 0.706. The Bertz CT molecular complexity index is 850. The molecule has 0 radical (unpaired) electrons. The summed E-state index contributed by atoms with van der Waals surface area (Å²) in [5, 5.41) is 6.63. The van der Waals surface area contributed by atoms with Crippen molar-refractivity contribution >= 4 is 21.8 Å².